The predicted octanol–water partition coefficient (Wildman–Crippen LogP) is 5.11. The van der Waals surface area contributed by atoms with E-state index >= 15 is 0 Å². The summed E-state index contributed by atoms with van der Waals surface area (Å²) in [6, 6.07) is 23.3. The zero-order valence-electron chi connectivity index (χ0n) is 16.8. The molecule has 0 amide bonds. The molecule has 0 bridgehead atoms. The molecule has 0 atom stereocenters. The Bertz CT molecular complexity index is 1120. The van der Waals surface area contributed by atoms with Gasteiger partial charge in [-0.25, -0.2) is 9.79 Å². The fraction of sp³-hybridized carbons (Fsp3) is 0.120. The second kappa shape index (κ2) is 8.66. The smallest absolute Gasteiger partial charge is 0.363 e. The maximum atomic E-state index is 12.3. The van der Waals surface area contributed by atoms with E-state index in [-0.39, 0.29) is 5.70 Å². The van der Waals surface area contributed by atoms with Crippen molar-refractivity contribution < 1.29 is 19.0 Å². The summed E-state index contributed by atoms with van der Waals surface area (Å²) >= 11 is 0. The van der Waals surface area contributed by atoms with Crippen LogP contribution in [-0.4, -0.2) is 25.6 Å². The number of carbonyl (C=O) groups is 1. The third kappa shape index (κ3) is 4.10. The Morgan fingerprint density at radius 1 is 0.900 bits per heavy atom. The predicted molar refractivity (Wildman–Crippen MR) is 117 cm³/mol. The van der Waals surface area contributed by atoms with Crippen LogP contribution < -0.4 is 9.47 Å². The number of aliphatic imine (C=N–C) groups is 1. The summed E-state index contributed by atoms with van der Waals surface area (Å²) in [4.78, 5) is 16.7. The van der Waals surface area contributed by atoms with Gasteiger partial charge in [0.15, 0.2) is 17.2 Å². The van der Waals surface area contributed by atoms with Crippen LogP contribution in [0.1, 0.15) is 18.1 Å². The molecule has 30 heavy (non-hydrogen) atoms. The average molecular weight is 399 g/mol. The highest BCUT2D eigenvalue weighted by Crippen LogP contribution is 2.30. The Morgan fingerprint density at radius 3 is 2.30 bits per heavy atom. The van der Waals surface area contributed by atoms with E-state index in [9.17, 15) is 4.79 Å². The molecule has 3 aromatic carbocycles. The lowest BCUT2D eigenvalue weighted by Crippen LogP contribution is -2.05. The molecule has 0 aliphatic carbocycles. The minimum Gasteiger partial charge on any atom is -0.493 e. The second-order valence-corrected chi connectivity index (χ2v) is 6.62. The SMILES string of the molecule is CCOc1cc(/C=C2\N=C(c3ccc(-c4ccccc4)cc3)OC2=O)ccc1OC. The highest BCUT2D eigenvalue weighted by atomic mass is 16.6. The van der Waals surface area contributed by atoms with Crippen molar-refractivity contribution in [2.45, 2.75) is 6.92 Å². The average Bonchev–Trinajstić information content (AvgIpc) is 3.15. The molecule has 1 aliphatic rings. The number of hydrogen-bond donors (Lipinski definition) is 0. The summed E-state index contributed by atoms with van der Waals surface area (Å²) in [5.74, 6) is 1.06. The Morgan fingerprint density at radius 2 is 1.60 bits per heavy atom. The number of carbonyl (C=O) groups excluding carboxylic acids is 1. The van der Waals surface area contributed by atoms with Gasteiger partial charge in [0.1, 0.15) is 0 Å². The number of nitrogens with zero attached hydrogens (tertiary/aromatic N) is 1. The van der Waals surface area contributed by atoms with Crippen molar-refractivity contribution in [1.82, 2.24) is 0 Å². The van der Waals surface area contributed by atoms with Crippen LogP contribution in [-0.2, 0) is 9.53 Å². The quantitative estimate of drug-likeness (QED) is 0.427. The fourth-order valence-electron chi connectivity index (χ4n) is 3.18. The van der Waals surface area contributed by atoms with E-state index in [0.29, 0.717) is 24.0 Å². The van der Waals surface area contributed by atoms with Gasteiger partial charge < -0.3 is 14.2 Å². The zero-order chi connectivity index (χ0) is 20.9. The van der Waals surface area contributed by atoms with E-state index in [4.69, 9.17) is 14.2 Å². The summed E-state index contributed by atoms with van der Waals surface area (Å²) in [6.07, 6.45) is 1.68. The maximum absolute atomic E-state index is 12.3. The van der Waals surface area contributed by atoms with Crippen LogP contribution in [0.2, 0.25) is 0 Å². The summed E-state index contributed by atoms with van der Waals surface area (Å²) in [7, 11) is 1.59. The van der Waals surface area contributed by atoms with Gasteiger partial charge in [-0.3, -0.25) is 0 Å². The number of esters is 1. The van der Waals surface area contributed by atoms with Crippen molar-refractivity contribution in [2.24, 2.45) is 4.99 Å². The van der Waals surface area contributed by atoms with E-state index in [1.54, 1.807) is 19.3 Å². The highest BCUT2D eigenvalue weighted by molar-refractivity contribution is 6.13. The first-order chi connectivity index (χ1) is 14.7. The van der Waals surface area contributed by atoms with E-state index < -0.39 is 5.97 Å². The molecule has 5 nitrogen and oxygen atoms in total. The number of methoxy groups -OCH3 is 1. The Hall–Kier alpha value is -3.86. The van der Waals surface area contributed by atoms with Crippen LogP contribution >= 0.6 is 0 Å². The van der Waals surface area contributed by atoms with Gasteiger partial charge in [0, 0.05) is 5.56 Å². The minimum atomic E-state index is -0.481. The third-order valence-corrected chi connectivity index (χ3v) is 4.65. The van der Waals surface area contributed by atoms with E-state index in [1.165, 1.54) is 0 Å². The van der Waals surface area contributed by atoms with Crippen LogP contribution in [0.25, 0.3) is 17.2 Å². The van der Waals surface area contributed by atoms with Crippen molar-refractivity contribution in [3.05, 3.63) is 89.6 Å². The van der Waals surface area contributed by atoms with Crippen molar-refractivity contribution in [2.75, 3.05) is 13.7 Å². The van der Waals surface area contributed by atoms with Crippen LogP contribution in [0, 0.1) is 0 Å². The van der Waals surface area contributed by atoms with E-state index in [2.05, 4.69) is 4.99 Å². The lowest BCUT2D eigenvalue weighted by Gasteiger charge is -2.09. The van der Waals surface area contributed by atoms with Gasteiger partial charge in [0.25, 0.3) is 0 Å². The summed E-state index contributed by atoms with van der Waals surface area (Å²) in [6.45, 7) is 2.41. The summed E-state index contributed by atoms with van der Waals surface area (Å²) < 4.78 is 16.3. The number of cyclic esters (lactones) is 1. The van der Waals surface area contributed by atoms with Gasteiger partial charge >= 0.3 is 5.97 Å². The van der Waals surface area contributed by atoms with Gasteiger partial charge in [-0.05, 0) is 54.0 Å². The van der Waals surface area contributed by atoms with Crippen molar-refractivity contribution in [3.8, 4) is 22.6 Å². The number of rotatable bonds is 6. The molecule has 0 fully saturated rings. The number of hydrogen-bond acceptors (Lipinski definition) is 5. The maximum Gasteiger partial charge on any atom is 0.363 e. The van der Waals surface area contributed by atoms with Gasteiger partial charge in [-0.1, -0.05) is 48.5 Å². The molecule has 0 spiro atoms. The van der Waals surface area contributed by atoms with Gasteiger partial charge in [-0.2, -0.15) is 0 Å². The molecule has 1 aliphatic heterocycles. The molecule has 0 radical (unpaired) electrons. The molecule has 0 saturated carbocycles. The van der Waals surface area contributed by atoms with Crippen LogP contribution in [0.3, 0.4) is 0 Å². The first kappa shape index (κ1) is 19.5. The third-order valence-electron chi connectivity index (χ3n) is 4.65. The second-order valence-electron chi connectivity index (χ2n) is 6.62. The Labute approximate surface area is 175 Å². The van der Waals surface area contributed by atoms with Crippen LogP contribution in [0.15, 0.2) is 83.5 Å². The van der Waals surface area contributed by atoms with Crippen molar-refractivity contribution in [1.29, 1.82) is 0 Å². The lowest BCUT2D eigenvalue weighted by atomic mass is 10.0. The molecule has 5 heteroatoms. The molecule has 0 aromatic heterocycles. The molecule has 0 unspecified atom stereocenters. The number of ether oxygens (including phenoxy) is 3. The molecule has 150 valence electrons. The molecular weight excluding hydrogens is 378 g/mol. The molecule has 3 aromatic rings. The number of benzene rings is 3. The van der Waals surface area contributed by atoms with Gasteiger partial charge in [0.05, 0.1) is 13.7 Å². The minimum absolute atomic E-state index is 0.241. The first-order valence-electron chi connectivity index (χ1n) is 9.67. The van der Waals surface area contributed by atoms with Crippen molar-refractivity contribution >= 4 is 17.9 Å². The zero-order valence-corrected chi connectivity index (χ0v) is 16.8. The topological polar surface area (TPSA) is 57.1 Å². The Balaban J connectivity index is 1.59. The standard InChI is InChI=1S/C25H21NO4/c1-3-29-23-16-17(9-14-22(23)28-2)15-21-25(27)30-24(26-21)20-12-10-19(11-13-20)18-7-5-4-6-8-18/h4-16H,3H2,1-2H3/b21-15-. The lowest BCUT2D eigenvalue weighted by molar-refractivity contribution is -0.129. The fourth-order valence-corrected chi connectivity index (χ4v) is 3.18. The van der Waals surface area contributed by atoms with Gasteiger partial charge in [-0.15, -0.1) is 0 Å². The largest absolute Gasteiger partial charge is 0.493 e. The monoisotopic (exact) mass is 399 g/mol. The first-order valence-corrected chi connectivity index (χ1v) is 9.67. The van der Waals surface area contributed by atoms with E-state index in [1.807, 2.05) is 73.7 Å². The molecule has 0 saturated heterocycles. The normalized spacial score (nSPS) is 14.4. The van der Waals surface area contributed by atoms with Crippen LogP contribution in [0.4, 0.5) is 0 Å². The summed E-state index contributed by atoms with van der Waals surface area (Å²) in [5, 5.41) is 0. The Kier molecular flexibility index (Phi) is 5.61. The van der Waals surface area contributed by atoms with Crippen LogP contribution in [0.5, 0.6) is 11.5 Å². The molecular formula is C25H21NO4. The molecule has 0 N–H and O–H groups in total. The van der Waals surface area contributed by atoms with Crippen molar-refractivity contribution in [3.63, 3.8) is 0 Å². The highest BCUT2D eigenvalue weighted by Gasteiger charge is 2.24. The molecule has 1 heterocycles. The van der Waals surface area contributed by atoms with E-state index in [0.717, 1.165) is 22.3 Å². The molecule has 4 rings (SSSR count). The van der Waals surface area contributed by atoms with Gasteiger partial charge in [0.2, 0.25) is 5.90 Å². The summed E-state index contributed by atoms with van der Waals surface area (Å²) in [5.41, 5.74) is 3.97.